The summed E-state index contributed by atoms with van der Waals surface area (Å²) in [7, 11) is 1.93. The summed E-state index contributed by atoms with van der Waals surface area (Å²) in [5.41, 5.74) is 6.16. The van der Waals surface area contributed by atoms with E-state index in [9.17, 15) is 9.90 Å². The first-order valence-electron chi connectivity index (χ1n) is 15.1. The molecule has 8 heteroatoms. The lowest BCUT2D eigenvalue weighted by atomic mass is 9.98. The van der Waals surface area contributed by atoms with Crippen LogP contribution in [0.2, 0.25) is 5.02 Å². The molecular weight excluding hydrogens is 562 g/mol. The van der Waals surface area contributed by atoms with Gasteiger partial charge in [-0.1, -0.05) is 54.1 Å². The molecule has 1 aliphatic carbocycles. The summed E-state index contributed by atoms with van der Waals surface area (Å²) in [5.74, 6) is 1.02. The second-order valence-electron chi connectivity index (χ2n) is 11.5. The second kappa shape index (κ2) is 12.1. The van der Waals surface area contributed by atoms with E-state index < -0.39 is 0 Å². The Morgan fingerprint density at radius 1 is 1.05 bits per heavy atom. The van der Waals surface area contributed by atoms with Gasteiger partial charge in [-0.25, -0.2) is 4.79 Å². The molecule has 224 valence electrons. The maximum Gasteiger partial charge on any atom is 0.355 e. The SMILES string of the molecule is CCOC(=O)c1c(CCCOc2cccc3ccccc23)c2ccc(Cl)c(-c3c(C)nn(C)c3C)c2n1CC1CC1CO. The van der Waals surface area contributed by atoms with Crippen LogP contribution in [-0.2, 0) is 24.8 Å². The van der Waals surface area contributed by atoms with Crippen molar-refractivity contribution in [3.8, 4) is 16.9 Å². The highest BCUT2D eigenvalue weighted by Crippen LogP contribution is 2.45. The monoisotopic (exact) mass is 599 g/mol. The van der Waals surface area contributed by atoms with E-state index in [0.717, 1.165) is 61.9 Å². The lowest BCUT2D eigenvalue weighted by molar-refractivity contribution is 0.0512. The lowest BCUT2D eigenvalue weighted by Crippen LogP contribution is -2.16. The summed E-state index contributed by atoms with van der Waals surface area (Å²) in [6, 6.07) is 18.2. The number of aryl methyl sites for hydroxylation is 3. The molecule has 0 amide bonds. The molecule has 0 bridgehead atoms. The number of aliphatic hydroxyl groups excluding tert-OH is 1. The summed E-state index contributed by atoms with van der Waals surface area (Å²) >= 11 is 6.99. The molecule has 2 atom stereocenters. The van der Waals surface area contributed by atoms with Crippen molar-refractivity contribution < 1.29 is 19.4 Å². The zero-order valence-electron chi connectivity index (χ0n) is 25.2. The Kier molecular flexibility index (Phi) is 8.21. The lowest BCUT2D eigenvalue weighted by Gasteiger charge is -2.15. The van der Waals surface area contributed by atoms with E-state index in [1.807, 2.05) is 68.9 Å². The van der Waals surface area contributed by atoms with Gasteiger partial charge in [-0.2, -0.15) is 5.10 Å². The highest BCUT2D eigenvalue weighted by molar-refractivity contribution is 6.35. The second-order valence-corrected chi connectivity index (χ2v) is 11.9. The number of carbonyl (C=O) groups excluding carboxylic acids is 1. The number of halogens is 1. The third-order valence-electron chi connectivity index (χ3n) is 8.80. The first kappa shape index (κ1) is 29.3. The van der Waals surface area contributed by atoms with Crippen LogP contribution in [0.5, 0.6) is 5.75 Å². The van der Waals surface area contributed by atoms with E-state index in [1.54, 1.807) is 0 Å². The number of rotatable bonds is 11. The number of hydrogen-bond donors (Lipinski definition) is 1. The highest BCUT2D eigenvalue weighted by atomic mass is 35.5. The minimum absolute atomic E-state index is 0.144. The van der Waals surface area contributed by atoms with Crippen molar-refractivity contribution in [2.45, 2.75) is 46.6 Å². The van der Waals surface area contributed by atoms with Crippen LogP contribution in [0.25, 0.3) is 32.8 Å². The van der Waals surface area contributed by atoms with Gasteiger partial charge in [0.2, 0.25) is 0 Å². The van der Waals surface area contributed by atoms with E-state index in [-0.39, 0.29) is 31.0 Å². The molecule has 1 N–H and O–H groups in total. The van der Waals surface area contributed by atoms with Crippen molar-refractivity contribution in [1.29, 1.82) is 0 Å². The van der Waals surface area contributed by atoms with Crippen molar-refractivity contribution in [2.24, 2.45) is 18.9 Å². The van der Waals surface area contributed by atoms with E-state index in [1.165, 1.54) is 0 Å². The van der Waals surface area contributed by atoms with Gasteiger partial charge in [0.15, 0.2) is 0 Å². The van der Waals surface area contributed by atoms with Crippen LogP contribution in [-0.4, -0.2) is 45.2 Å². The van der Waals surface area contributed by atoms with Crippen molar-refractivity contribution in [1.82, 2.24) is 14.3 Å². The van der Waals surface area contributed by atoms with Crippen LogP contribution in [0.3, 0.4) is 0 Å². The fourth-order valence-electron chi connectivity index (χ4n) is 6.48. The summed E-state index contributed by atoms with van der Waals surface area (Å²) < 4.78 is 15.9. The van der Waals surface area contributed by atoms with Gasteiger partial charge in [0.1, 0.15) is 11.4 Å². The number of aliphatic hydroxyl groups is 1. The van der Waals surface area contributed by atoms with Gasteiger partial charge in [-0.15, -0.1) is 0 Å². The first-order valence-corrected chi connectivity index (χ1v) is 15.4. The molecule has 2 aromatic heterocycles. The van der Waals surface area contributed by atoms with E-state index in [4.69, 9.17) is 21.1 Å². The molecule has 7 nitrogen and oxygen atoms in total. The number of fused-ring (bicyclic) bond motifs is 2. The molecular formula is C35H38ClN3O4. The van der Waals surface area contributed by atoms with Crippen molar-refractivity contribution in [3.05, 3.63) is 82.3 Å². The van der Waals surface area contributed by atoms with Gasteiger partial charge in [0, 0.05) is 47.8 Å². The molecule has 43 heavy (non-hydrogen) atoms. The summed E-state index contributed by atoms with van der Waals surface area (Å²) in [4.78, 5) is 13.7. The van der Waals surface area contributed by atoms with Gasteiger partial charge in [-0.05, 0) is 75.0 Å². The molecule has 0 aliphatic heterocycles. The van der Waals surface area contributed by atoms with Crippen LogP contribution in [0, 0.1) is 25.7 Å². The predicted octanol–water partition coefficient (Wildman–Crippen LogP) is 7.28. The van der Waals surface area contributed by atoms with Crippen molar-refractivity contribution in [2.75, 3.05) is 19.8 Å². The predicted molar refractivity (Wildman–Crippen MR) is 171 cm³/mol. The zero-order chi connectivity index (χ0) is 30.2. The number of nitrogens with zero attached hydrogens (tertiary/aromatic N) is 3. The minimum Gasteiger partial charge on any atom is -0.493 e. The van der Waals surface area contributed by atoms with Crippen LogP contribution in [0.15, 0.2) is 54.6 Å². The summed E-state index contributed by atoms with van der Waals surface area (Å²) in [5, 5.41) is 18.3. The fraction of sp³-hybridized carbons (Fsp3) is 0.371. The van der Waals surface area contributed by atoms with E-state index in [0.29, 0.717) is 36.7 Å². The van der Waals surface area contributed by atoms with Crippen LogP contribution < -0.4 is 4.74 Å². The number of carbonyl (C=O) groups is 1. The Balaban J connectivity index is 1.44. The van der Waals surface area contributed by atoms with E-state index >= 15 is 0 Å². The quantitative estimate of drug-likeness (QED) is 0.127. The molecule has 5 aromatic rings. The maximum absolute atomic E-state index is 13.7. The van der Waals surface area contributed by atoms with Crippen molar-refractivity contribution in [3.63, 3.8) is 0 Å². The van der Waals surface area contributed by atoms with E-state index in [2.05, 4.69) is 27.9 Å². The van der Waals surface area contributed by atoms with Gasteiger partial charge >= 0.3 is 5.97 Å². The Labute approximate surface area is 257 Å². The number of aromatic nitrogens is 3. The molecule has 0 spiro atoms. The van der Waals surface area contributed by atoms with Crippen LogP contribution >= 0.6 is 11.6 Å². The molecule has 1 fully saturated rings. The van der Waals surface area contributed by atoms with Crippen molar-refractivity contribution >= 4 is 39.2 Å². The minimum atomic E-state index is -0.341. The maximum atomic E-state index is 13.7. The Morgan fingerprint density at radius 2 is 1.84 bits per heavy atom. The topological polar surface area (TPSA) is 78.5 Å². The average Bonchev–Trinajstić information content (AvgIpc) is 3.62. The molecule has 1 saturated carbocycles. The molecule has 2 heterocycles. The van der Waals surface area contributed by atoms with Crippen LogP contribution in [0.1, 0.15) is 47.2 Å². The normalized spacial score (nSPS) is 16.2. The Hall–Kier alpha value is -3.81. The average molecular weight is 600 g/mol. The third-order valence-corrected chi connectivity index (χ3v) is 9.12. The largest absolute Gasteiger partial charge is 0.493 e. The first-order chi connectivity index (χ1) is 20.8. The number of benzene rings is 3. The molecule has 1 aliphatic rings. The summed E-state index contributed by atoms with van der Waals surface area (Å²) in [6.07, 6.45) is 2.26. The smallest absolute Gasteiger partial charge is 0.355 e. The number of ether oxygens (including phenoxy) is 2. The zero-order valence-corrected chi connectivity index (χ0v) is 25.9. The molecule has 3 aromatic carbocycles. The third kappa shape index (κ3) is 5.41. The van der Waals surface area contributed by atoms with Gasteiger partial charge in [-0.3, -0.25) is 4.68 Å². The number of hydrogen-bond acceptors (Lipinski definition) is 5. The van der Waals surface area contributed by atoms with Gasteiger partial charge < -0.3 is 19.1 Å². The fourth-order valence-corrected chi connectivity index (χ4v) is 6.73. The molecule has 0 saturated heterocycles. The molecule has 2 unspecified atom stereocenters. The number of esters is 1. The summed E-state index contributed by atoms with van der Waals surface area (Å²) in [6.45, 7) is 7.39. The van der Waals surface area contributed by atoms with Gasteiger partial charge in [0.05, 0.1) is 29.4 Å². The molecule has 0 radical (unpaired) electrons. The van der Waals surface area contributed by atoms with Gasteiger partial charge in [0.25, 0.3) is 0 Å². The Morgan fingerprint density at radius 3 is 2.56 bits per heavy atom. The van der Waals surface area contributed by atoms with Crippen LogP contribution in [0.4, 0.5) is 0 Å². The standard InChI is InChI=1S/C35H38ClN3O4/c1-5-42-35(41)34-27(13-9-17-43-30-14-8-11-23-10-6-7-12-26(23)30)28-15-16-29(36)32(31-21(2)37-38(4)22(31)3)33(28)39(34)19-24-18-25(24)20-40/h6-8,10-12,14-16,24-25,40H,5,9,13,17-20H2,1-4H3. The Bertz CT molecular complexity index is 1820. The highest BCUT2D eigenvalue weighted by Gasteiger charge is 2.39. The molecule has 6 rings (SSSR count).